The molecule has 0 unspecified atom stereocenters. The minimum absolute atomic E-state index is 0. The maximum absolute atomic E-state index is 3.53. The number of hydrogen-bond acceptors (Lipinski definition) is 0. The molecule has 0 fully saturated rings. The smallest absolute Gasteiger partial charge is 0.169 e. The number of nitrogens with zero attached hydrogens (tertiary/aromatic N) is 1. The number of aryl methyl sites for hydroxylation is 1. The summed E-state index contributed by atoms with van der Waals surface area (Å²) in [5.41, 5.74) is 2.39. The first-order valence-corrected chi connectivity index (χ1v) is 5.93. The van der Waals surface area contributed by atoms with Gasteiger partial charge in [-0.05, 0) is 17.2 Å². The molecule has 17 heavy (non-hydrogen) atoms. The molecule has 0 radical (unpaired) electrons. The van der Waals surface area contributed by atoms with Crippen molar-refractivity contribution in [1.82, 2.24) is 0 Å². The number of rotatable bonds is 2. The van der Waals surface area contributed by atoms with Crippen LogP contribution in [0.2, 0.25) is 0 Å². The van der Waals surface area contributed by atoms with E-state index in [4.69, 9.17) is 0 Å². The highest BCUT2D eigenvalue weighted by molar-refractivity contribution is 9.10. The van der Waals surface area contributed by atoms with Crippen molar-refractivity contribution in [2.75, 3.05) is 0 Å². The van der Waals surface area contributed by atoms with E-state index in [1.807, 2.05) is 42.2 Å². The number of hydrogen-bond donors (Lipinski definition) is 0. The van der Waals surface area contributed by atoms with Crippen LogP contribution in [0.4, 0.5) is 0 Å². The van der Waals surface area contributed by atoms with E-state index in [9.17, 15) is 0 Å². The predicted molar refractivity (Wildman–Crippen MR) is 70.7 cm³/mol. The minimum atomic E-state index is 0. The van der Waals surface area contributed by atoms with Gasteiger partial charge in [-0.2, -0.15) is 0 Å². The summed E-state index contributed by atoms with van der Waals surface area (Å²) in [5, 5.41) is 0. The Morgan fingerprint density at radius 1 is 1.00 bits per heavy atom. The van der Waals surface area contributed by atoms with Crippen LogP contribution >= 0.6 is 15.9 Å². The van der Waals surface area contributed by atoms with Crippen LogP contribution in [-0.2, 0) is 7.05 Å². The Kier molecular flexibility index (Phi) is 5.85. The summed E-state index contributed by atoms with van der Waals surface area (Å²) in [6, 6.07) is 12.4. The summed E-state index contributed by atoms with van der Waals surface area (Å²) >= 11 is 3.53. The molecule has 3 heteroatoms. The molecule has 0 bridgehead atoms. The number of pyridine rings is 1. The summed E-state index contributed by atoms with van der Waals surface area (Å²) < 4.78 is 3.14. The molecule has 2 rings (SSSR count). The molecule has 1 aromatic heterocycles. The minimum Gasteiger partial charge on any atom is -1.00 e. The fourth-order valence-corrected chi connectivity index (χ4v) is 1.84. The lowest BCUT2D eigenvalue weighted by atomic mass is 10.1. The largest absolute Gasteiger partial charge is 1.00 e. The molecule has 0 spiro atoms. The highest BCUT2D eigenvalue weighted by Gasteiger charge is 1.94. The maximum atomic E-state index is 3.53. The highest BCUT2D eigenvalue weighted by Crippen LogP contribution is 2.18. The van der Waals surface area contributed by atoms with Crippen LogP contribution in [0.15, 0.2) is 53.3 Å². The quantitative estimate of drug-likeness (QED) is 0.508. The Balaban J connectivity index is 0.00000144. The molecule has 1 heterocycles. The lowest BCUT2D eigenvalue weighted by molar-refractivity contribution is -0.671. The summed E-state index contributed by atoms with van der Waals surface area (Å²) in [4.78, 5) is 0. The summed E-state index contributed by atoms with van der Waals surface area (Å²) in [6.45, 7) is 0. The second kappa shape index (κ2) is 6.91. The standard InChI is InChI=1S/C14H13BrN.HI/c1-16-10-8-12(9-11-16)6-7-13-4-2-3-5-14(13)15;/h2-11H,1H3;1H/q+1;/p-1/b7-6+;. The first kappa shape index (κ1) is 14.4. The molecule has 88 valence electrons. The summed E-state index contributed by atoms with van der Waals surface area (Å²) in [6.07, 6.45) is 8.30. The monoisotopic (exact) mass is 401 g/mol. The van der Waals surface area contributed by atoms with Gasteiger partial charge in [0.15, 0.2) is 12.4 Å². The van der Waals surface area contributed by atoms with Gasteiger partial charge < -0.3 is 24.0 Å². The molecule has 0 N–H and O–H groups in total. The number of aromatic nitrogens is 1. The Labute approximate surface area is 127 Å². The first-order valence-electron chi connectivity index (χ1n) is 5.13. The van der Waals surface area contributed by atoms with E-state index in [-0.39, 0.29) is 24.0 Å². The van der Waals surface area contributed by atoms with Gasteiger partial charge in [-0.25, -0.2) is 4.57 Å². The topological polar surface area (TPSA) is 3.88 Å². The van der Waals surface area contributed by atoms with Gasteiger partial charge in [0, 0.05) is 16.6 Å². The average molecular weight is 402 g/mol. The lowest BCUT2D eigenvalue weighted by Gasteiger charge is -1.96. The van der Waals surface area contributed by atoms with Crippen molar-refractivity contribution in [2.24, 2.45) is 7.05 Å². The van der Waals surface area contributed by atoms with Crippen LogP contribution in [0, 0.1) is 0 Å². The van der Waals surface area contributed by atoms with Crippen molar-refractivity contribution in [3.8, 4) is 0 Å². The zero-order chi connectivity index (χ0) is 11.4. The van der Waals surface area contributed by atoms with Crippen LogP contribution in [0.3, 0.4) is 0 Å². The molecule has 1 aromatic carbocycles. The summed E-state index contributed by atoms with van der Waals surface area (Å²) in [5.74, 6) is 0. The van der Waals surface area contributed by atoms with Crippen molar-refractivity contribution in [2.45, 2.75) is 0 Å². The van der Waals surface area contributed by atoms with Gasteiger partial charge in [-0.1, -0.05) is 46.3 Å². The molecule has 1 nitrogen and oxygen atoms in total. The first-order chi connectivity index (χ1) is 7.75. The van der Waals surface area contributed by atoms with Gasteiger partial charge in [0.25, 0.3) is 0 Å². The lowest BCUT2D eigenvalue weighted by Crippen LogP contribution is -3.00. The highest BCUT2D eigenvalue weighted by atomic mass is 127. The molecule has 0 aliphatic carbocycles. The van der Waals surface area contributed by atoms with Crippen molar-refractivity contribution in [3.63, 3.8) is 0 Å². The van der Waals surface area contributed by atoms with Crippen molar-refractivity contribution in [1.29, 1.82) is 0 Å². The van der Waals surface area contributed by atoms with Gasteiger partial charge in [0.05, 0.1) is 0 Å². The molecule has 0 saturated carbocycles. The third-order valence-electron chi connectivity index (χ3n) is 2.36. The van der Waals surface area contributed by atoms with E-state index in [0.29, 0.717) is 0 Å². The fraction of sp³-hybridized carbons (Fsp3) is 0.0714. The SMILES string of the molecule is C[n+]1ccc(/C=C/c2ccccc2Br)cc1.[I-]. The van der Waals surface area contributed by atoms with Gasteiger partial charge in [0.2, 0.25) is 0 Å². The Morgan fingerprint density at radius 2 is 1.65 bits per heavy atom. The molecule has 0 atom stereocenters. The summed E-state index contributed by atoms with van der Waals surface area (Å²) in [7, 11) is 2.02. The Morgan fingerprint density at radius 3 is 2.29 bits per heavy atom. The van der Waals surface area contributed by atoms with E-state index < -0.39 is 0 Å². The van der Waals surface area contributed by atoms with Gasteiger partial charge in [-0.15, -0.1) is 0 Å². The van der Waals surface area contributed by atoms with Crippen LogP contribution < -0.4 is 28.5 Å². The van der Waals surface area contributed by atoms with E-state index >= 15 is 0 Å². The third-order valence-corrected chi connectivity index (χ3v) is 3.09. The van der Waals surface area contributed by atoms with Crippen LogP contribution in [0.25, 0.3) is 12.2 Å². The molecule has 0 amide bonds. The van der Waals surface area contributed by atoms with Crippen molar-refractivity contribution >= 4 is 28.1 Å². The molecular weight excluding hydrogens is 389 g/mol. The number of halogens is 2. The van der Waals surface area contributed by atoms with E-state index in [1.165, 1.54) is 11.1 Å². The Bertz CT molecular complexity index is 506. The van der Waals surface area contributed by atoms with E-state index in [1.54, 1.807) is 0 Å². The zero-order valence-electron chi connectivity index (χ0n) is 9.48. The van der Waals surface area contributed by atoms with Crippen LogP contribution in [0.5, 0.6) is 0 Å². The maximum Gasteiger partial charge on any atom is 0.169 e. The number of benzene rings is 1. The van der Waals surface area contributed by atoms with E-state index in [0.717, 1.165) is 4.47 Å². The van der Waals surface area contributed by atoms with E-state index in [2.05, 4.69) is 46.3 Å². The molecular formula is C14H13BrIN. The van der Waals surface area contributed by atoms with Gasteiger partial charge in [-0.3, -0.25) is 0 Å². The molecule has 2 aromatic rings. The molecule has 0 aliphatic heterocycles. The van der Waals surface area contributed by atoms with Crippen molar-refractivity contribution < 1.29 is 28.5 Å². The third kappa shape index (κ3) is 4.24. The molecule has 0 aliphatic rings. The van der Waals surface area contributed by atoms with Crippen molar-refractivity contribution in [3.05, 3.63) is 64.4 Å². The predicted octanol–water partition coefficient (Wildman–Crippen LogP) is 0.448. The van der Waals surface area contributed by atoms with Crippen LogP contribution in [0.1, 0.15) is 11.1 Å². The molecule has 0 saturated heterocycles. The second-order valence-corrected chi connectivity index (χ2v) is 4.51. The normalized spacial score (nSPS) is 10.2. The van der Waals surface area contributed by atoms with Gasteiger partial charge >= 0.3 is 0 Å². The fourth-order valence-electron chi connectivity index (χ4n) is 1.42. The average Bonchev–Trinajstić information content (AvgIpc) is 2.30. The van der Waals surface area contributed by atoms with Gasteiger partial charge in [0.1, 0.15) is 7.05 Å². The second-order valence-electron chi connectivity index (χ2n) is 3.65. The van der Waals surface area contributed by atoms with Crippen LogP contribution in [-0.4, -0.2) is 0 Å². The zero-order valence-corrected chi connectivity index (χ0v) is 13.2. The Hall–Kier alpha value is -0.680.